The summed E-state index contributed by atoms with van der Waals surface area (Å²) in [7, 11) is 0. The molecule has 2 atom stereocenters. The second kappa shape index (κ2) is 11.4. The van der Waals surface area contributed by atoms with Gasteiger partial charge in [-0.1, -0.05) is 44.2 Å². The van der Waals surface area contributed by atoms with E-state index < -0.39 is 35.7 Å². The highest BCUT2D eigenvalue weighted by atomic mass is 19.4. The molecule has 0 radical (unpaired) electrons. The number of carbonyl (C=O) groups is 2. The third kappa shape index (κ3) is 5.77. The maximum atomic E-state index is 14.4. The van der Waals surface area contributed by atoms with Gasteiger partial charge in [0, 0.05) is 11.3 Å². The van der Waals surface area contributed by atoms with Crippen molar-refractivity contribution in [1.29, 1.82) is 0 Å². The number of likely N-dealkylation sites (N-methyl/N-ethyl adjacent to an activating group) is 1. The number of H-pyrrole nitrogens is 1. The summed E-state index contributed by atoms with van der Waals surface area (Å²) in [6, 6.07) is 13.0. The Hall–Kier alpha value is -4.42. The van der Waals surface area contributed by atoms with Gasteiger partial charge in [0.25, 0.3) is 5.91 Å². The number of alkyl halides is 3. The van der Waals surface area contributed by atoms with Crippen LogP contribution in [0.2, 0.25) is 0 Å². The van der Waals surface area contributed by atoms with E-state index in [4.69, 9.17) is 11.5 Å². The first kappa shape index (κ1) is 28.6. The number of aromatic nitrogens is 2. The van der Waals surface area contributed by atoms with Gasteiger partial charge in [0.1, 0.15) is 0 Å². The molecule has 0 saturated carbocycles. The van der Waals surface area contributed by atoms with Gasteiger partial charge in [-0.25, -0.2) is 4.98 Å². The van der Waals surface area contributed by atoms with Crippen molar-refractivity contribution in [2.45, 2.75) is 32.2 Å². The Morgan fingerprint density at radius 2 is 1.75 bits per heavy atom. The standard InChI is InChI=1S/C28H29F3N6O3/c1-3-37(4-2)23(24(38)26(40)34-16-10-12-21-22(14-16)36-27(33)35-21)15-9-11-18(20(13-15)28(29,30)31)17-7-5-6-8-19(17)25(32)39/h5-14,23-24,38H,3-4H2,1-2H3,(H2,32,39)(H,34,40)(H3,33,35,36). The number of fused-ring (bicyclic) bond motifs is 1. The number of hydrogen-bond donors (Lipinski definition) is 5. The number of anilines is 2. The maximum Gasteiger partial charge on any atom is 0.417 e. The van der Waals surface area contributed by atoms with E-state index in [1.54, 1.807) is 36.9 Å². The van der Waals surface area contributed by atoms with Crippen molar-refractivity contribution in [2.24, 2.45) is 5.73 Å². The highest BCUT2D eigenvalue weighted by Gasteiger charge is 2.38. The lowest BCUT2D eigenvalue weighted by atomic mass is 9.90. The number of carbonyl (C=O) groups excluding carboxylic acids is 2. The van der Waals surface area contributed by atoms with Crippen molar-refractivity contribution in [3.05, 3.63) is 77.4 Å². The number of imidazole rings is 1. The number of hydrogen-bond acceptors (Lipinski definition) is 6. The van der Waals surface area contributed by atoms with E-state index in [0.29, 0.717) is 29.8 Å². The highest BCUT2D eigenvalue weighted by Crippen LogP contribution is 2.40. The monoisotopic (exact) mass is 554 g/mol. The van der Waals surface area contributed by atoms with E-state index in [1.165, 1.54) is 36.4 Å². The molecular formula is C28H29F3N6O3. The van der Waals surface area contributed by atoms with Gasteiger partial charge in [-0.05, 0) is 60.1 Å². The van der Waals surface area contributed by atoms with Gasteiger partial charge in [-0.3, -0.25) is 14.5 Å². The predicted octanol–water partition coefficient (Wildman–Crippen LogP) is 4.31. The molecule has 0 saturated heterocycles. The van der Waals surface area contributed by atoms with Gasteiger partial charge in [0.15, 0.2) is 12.1 Å². The number of nitrogens with zero attached hydrogens (tertiary/aromatic N) is 2. The van der Waals surface area contributed by atoms with Crippen molar-refractivity contribution in [3.63, 3.8) is 0 Å². The van der Waals surface area contributed by atoms with Gasteiger partial charge in [0.05, 0.1) is 22.6 Å². The molecule has 0 aliphatic rings. The van der Waals surface area contributed by atoms with Crippen molar-refractivity contribution in [1.82, 2.24) is 14.9 Å². The number of nitrogens with one attached hydrogen (secondary N) is 2. The average Bonchev–Trinajstić information content (AvgIpc) is 3.29. The smallest absolute Gasteiger partial charge is 0.381 e. The molecule has 2 amide bonds. The third-order valence-electron chi connectivity index (χ3n) is 6.71. The van der Waals surface area contributed by atoms with Gasteiger partial charge in [-0.15, -0.1) is 0 Å². The summed E-state index contributed by atoms with van der Waals surface area (Å²) in [6.07, 6.45) is -6.54. The molecule has 1 heterocycles. The topological polar surface area (TPSA) is 150 Å². The molecule has 0 spiro atoms. The second-order valence-corrected chi connectivity index (χ2v) is 9.17. The molecule has 1 aromatic heterocycles. The summed E-state index contributed by atoms with van der Waals surface area (Å²) in [4.78, 5) is 33.7. The zero-order chi connectivity index (χ0) is 29.2. The number of nitrogen functional groups attached to an aromatic ring is 1. The lowest BCUT2D eigenvalue weighted by Crippen LogP contribution is -2.43. The van der Waals surface area contributed by atoms with Crippen LogP contribution in [0.4, 0.5) is 24.8 Å². The number of benzene rings is 3. The van der Waals surface area contributed by atoms with Gasteiger partial charge in [0.2, 0.25) is 5.91 Å². The Bertz CT molecular complexity index is 1550. The summed E-state index contributed by atoms with van der Waals surface area (Å²) >= 11 is 0. The van der Waals surface area contributed by atoms with Crippen molar-refractivity contribution >= 4 is 34.5 Å². The number of rotatable bonds is 9. The first-order chi connectivity index (χ1) is 18.9. The lowest BCUT2D eigenvalue weighted by molar-refractivity contribution is -0.137. The first-order valence-corrected chi connectivity index (χ1v) is 12.5. The fourth-order valence-electron chi connectivity index (χ4n) is 4.82. The van der Waals surface area contributed by atoms with E-state index in [1.807, 2.05) is 0 Å². The van der Waals surface area contributed by atoms with Crippen molar-refractivity contribution in [2.75, 3.05) is 24.1 Å². The van der Waals surface area contributed by atoms with Crippen LogP contribution in [0.3, 0.4) is 0 Å². The Balaban J connectivity index is 1.75. The molecule has 40 heavy (non-hydrogen) atoms. The number of aliphatic hydroxyl groups is 1. The quantitative estimate of drug-likeness (QED) is 0.208. The normalized spacial score (nSPS) is 13.4. The number of aliphatic hydroxyl groups excluding tert-OH is 1. The third-order valence-corrected chi connectivity index (χ3v) is 6.71. The molecule has 3 aromatic carbocycles. The molecule has 9 nitrogen and oxygen atoms in total. The van der Waals surface area contributed by atoms with Crippen molar-refractivity contribution in [3.8, 4) is 11.1 Å². The molecule has 4 rings (SSSR count). The largest absolute Gasteiger partial charge is 0.417 e. The number of nitrogens with two attached hydrogens (primary N) is 2. The first-order valence-electron chi connectivity index (χ1n) is 12.5. The van der Waals surface area contributed by atoms with E-state index >= 15 is 0 Å². The fourth-order valence-corrected chi connectivity index (χ4v) is 4.82. The molecular weight excluding hydrogens is 525 g/mol. The molecule has 0 aliphatic heterocycles. The number of aromatic amines is 1. The van der Waals surface area contributed by atoms with Crippen LogP contribution in [0, 0.1) is 0 Å². The van der Waals surface area contributed by atoms with Gasteiger partial charge in [-0.2, -0.15) is 13.2 Å². The van der Waals surface area contributed by atoms with Crippen LogP contribution < -0.4 is 16.8 Å². The van der Waals surface area contributed by atoms with Crippen LogP contribution in [0.15, 0.2) is 60.7 Å². The Morgan fingerprint density at radius 3 is 2.40 bits per heavy atom. The minimum Gasteiger partial charge on any atom is -0.381 e. The zero-order valence-corrected chi connectivity index (χ0v) is 21.8. The summed E-state index contributed by atoms with van der Waals surface area (Å²) in [5.74, 6) is -1.47. The SMILES string of the molecule is CCN(CC)C(c1ccc(-c2ccccc2C(N)=O)c(C(F)(F)F)c1)C(O)C(=O)Nc1ccc2nc(N)[nH]c2c1. The molecule has 0 fully saturated rings. The minimum absolute atomic E-state index is 0.0291. The van der Waals surface area contributed by atoms with E-state index in [-0.39, 0.29) is 28.2 Å². The average molecular weight is 555 g/mol. The number of halogens is 3. The summed E-state index contributed by atoms with van der Waals surface area (Å²) < 4.78 is 43.1. The van der Waals surface area contributed by atoms with Gasteiger partial charge >= 0.3 is 6.18 Å². The Labute approximate surface area is 228 Å². The van der Waals surface area contributed by atoms with Gasteiger partial charge < -0.3 is 26.9 Å². The summed E-state index contributed by atoms with van der Waals surface area (Å²) in [5.41, 5.74) is 11.4. The van der Waals surface area contributed by atoms with E-state index in [0.717, 1.165) is 6.07 Å². The molecule has 210 valence electrons. The van der Waals surface area contributed by atoms with E-state index in [9.17, 15) is 27.9 Å². The van der Waals surface area contributed by atoms with Crippen LogP contribution >= 0.6 is 0 Å². The van der Waals surface area contributed by atoms with Crippen LogP contribution in [-0.2, 0) is 11.0 Å². The molecule has 0 aliphatic carbocycles. The highest BCUT2D eigenvalue weighted by molar-refractivity contribution is 6.00. The Morgan fingerprint density at radius 1 is 1.05 bits per heavy atom. The molecule has 2 unspecified atom stereocenters. The Kier molecular flexibility index (Phi) is 8.12. The van der Waals surface area contributed by atoms with Crippen LogP contribution in [0.25, 0.3) is 22.2 Å². The van der Waals surface area contributed by atoms with Crippen LogP contribution in [0.5, 0.6) is 0 Å². The van der Waals surface area contributed by atoms with Crippen LogP contribution in [0.1, 0.15) is 41.4 Å². The number of primary amides is 1. The summed E-state index contributed by atoms with van der Waals surface area (Å²) in [6.45, 7) is 4.25. The lowest BCUT2D eigenvalue weighted by Gasteiger charge is -2.33. The molecule has 4 aromatic rings. The predicted molar refractivity (Wildman–Crippen MR) is 146 cm³/mol. The second-order valence-electron chi connectivity index (χ2n) is 9.17. The fraction of sp³-hybridized carbons (Fsp3) is 0.250. The molecule has 7 N–H and O–H groups in total. The number of amides is 2. The zero-order valence-electron chi connectivity index (χ0n) is 21.8. The van der Waals surface area contributed by atoms with Crippen molar-refractivity contribution < 1.29 is 27.9 Å². The molecule has 0 bridgehead atoms. The maximum absolute atomic E-state index is 14.4. The molecule has 12 heteroatoms. The van der Waals surface area contributed by atoms with Crippen LogP contribution in [-0.4, -0.2) is 51.0 Å². The summed E-state index contributed by atoms with van der Waals surface area (Å²) in [5, 5.41) is 13.8. The van der Waals surface area contributed by atoms with E-state index in [2.05, 4.69) is 15.3 Å². The minimum atomic E-state index is -4.81.